The lowest BCUT2D eigenvalue weighted by Gasteiger charge is -2.09. The number of carbonyl (C=O) groups is 1. The summed E-state index contributed by atoms with van der Waals surface area (Å²) >= 11 is 5.95. The van der Waals surface area contributed by atoms with E-state index in [-0.39, 0.29) is 27.7 Å². The molecule has 0 atom stereocenters. The van der Waals surface area contributed by atoms with Gasteiger partial charge in [-0.15, -0.1) is 0 Å². The minimum Gasteiger partial charge on any atom is -0.508 e. The van der Waals surface area contributed by atoms with Crippen molar-refractivity contribution in [1.82, 2.24) is 0 Å². The standard InChI is InChI=1S/C17H13ClN4O4/c1-10-6-13(23)3-5-15(10)21-17(24)11(8-19)9-20-16-7-12(22(25)26)2-4-14(16)18/h2-7,9,20,23H,1H3,(H,21,24)/b11-9-. The van der Waals surface area contributed by atoms with Gasteiger partial charge in [0, 0.05) is 24.0 Å². The number of aryl methyl sites for hydroxylation is 1. The van der Waals surface area contributed by atoms with Crippen LogP contribution in [0.1, 0.15) is 5.56 Å². The second-order valence-electron chi connectivity index (χ2n) is 5.19. The normalized spacial score (nSPS) is 10.7. The van der Waals surface area contributed by atoms with Gasteiger partial charge in [-0.25, -0.2) is 0 Å². The first-order valence-electron chi connectivity index (χ1n) is 7.23. The molecule has 0 saturated heterocycles. The molecule has 132 valence electrons. The number of nitro benzene ring substituents is 1. The highest BCUT2D eigenvalue weighted by molar-refractivity contribution is 6.33. The molecule has 9 heteroatoms. The van der Waals surface area contributed by atoms with Gasteiger partial charge in [0.15, 0.2) is 0 Å². The number of nitrogens with zero attached hydrogens (tertiary/aromatic N) is 2. The van der Waals surface area contributed by atoms with E-state index in [4.69, 9.17) is 11.6 Å². The van der Waals surface area contributed by atoms with Crippen molar-refractivity contribution >= 4 is 34.6 Å². The number of halogens is 1. The Hall–Kier alpha value is -3.57. The average molecular weight is 373 g/mol. The fourth-order valence-electron chi connectivity index (χ4n) is 2.01. The number of nitro groups is 1. The molecule has 0 aliphatic heterocycles. The molecule has 2 aromatic carbocycles. The lowest BCUT2D eigenvalue weighted by atomic mass is 10.2. The molecule has 0 spiro atoms. The first-order valence-corrected chi connectivity index (χ1v) is 7.61. The first-order chi connectivity index (χ1) is 12.3. The summed E-state index contributed by atoms with van der Waals surface area (Å²) in [6.07, 6.45) is 1.11. The largest absolute Gasteiger partial charge is 0.508 e. The average Bonchev–Trinajstić information content (AvgIpc) is 2.59. The van der Waals surface area contributed by atoms with Crippen molar-refractivity contribution in [1.29, 1.82) is 5.26 Å². The van der Waals surface area contributed by atoms with E-state index in [1.807, 2.05) is 0 Å². The Morgan fingerprint density at radius 2 is 2.04 bits per heavy atom. The van der Waals surface area contributed by atoms with Gasteiger partial charge < -0.3 is 15.7 Å². The fourth-order valence-corrected chi connectivity index (χ4v) is 2.19. The number of carbonyl (C=O) groups excluding carboxylic acids is 1. The topological polar surface area (TPSA) is 128 Å². The number of amides is 1. The van der Waals surface area contributed by atoms with Crippen LogP contribution < -0.4 is 10.6 Å². The number of phenolic OH excluding ortho intramolecular Hbond substituents is 1. The molecule has 1 amide bonds. The van der Waals surface area contributed by atoms with Gasteiger partial charge >= 0.3 is 0 Å². The number of phenols is 1. The van der Waals surface area contributed by atoms with Crippen molar-refractivity contribution < 1.29 is 14.8 Å². The second kappa shape index (κ2) is 8.00. The van der Waals surface area contributed by atoms with E-state index in [1.165, 1.54) is 36.4 Å². The molecule has 0 bridgehead atoms. The molecule has 0 heterocycles. The van der Waals surface area contributed by atoms with Crippen molar-refractivity contribution in [3.05, 3.63) is 68.9 Å². The molecule has 0 aromatic heterocycles. The van der Waals surface area contributed by atoms with Crippen LogP contribution >= 0.6 is 11.6 Å². The predicted molar refractivity (Wildman–Crippen MR) is 96.9 cm³/mol. The summed E-state index contributed by atoms with van der Waals surface area (Å²) in [5.74, 6) is -0.631. The van der Waals surface area contributed by atoms with Crippen molar-refractivity contribution in [3.8, 4) is 11.8 Å². The van der Waals surface area contributed by atoms with Crippen LogP contribution in [0.4, 0.5) is 17.1 Å². The Morgan fingerprint density at radius 1 is 1.31 bits per heavy atom. The van der Waals surface area contributed by atoms with Gasteiger partial charge in [0.1, 0.15) is 17.4 Å². The van der Waals surface area contributed by atoms with Gasteiger partial charge in [0.25, 0.3) is 11.6 Å². The lowest BCUT2D eigenvalue weighted by molar-refractivity contribution is -0.384. The summed E-state index contributed by atoms with van der Waals surface area (Å²) in [7, 11) is 0. The number of rotatable bonds is 5. The van der Waals surface area contributed by atoms with E-state index < -0.39 is 10.8 Å². The first kappa shape index (κ1) is 18.8. The van der Waals surface area contributed by atoms with Crippen LogP contribution in [0.15, 0.2) is 48.2 Å². The molecule has 0 fully saturated rings. The SMILES string of the molecule is Cc1cc(O)ccc1NC(=O)/C(C#N)=C\Nc1cc([N+](=O)[O-])ccc1Cl. The highest BCUT2D eigenvalue weighted by Crippen LogP contribution is 2.27. The molecule has 26 heavy (non-hydrogen) atoms. The Labute approximate surface area is 153 Å². The molecule has 0 aliphatic rings. The number of non-ortho nitro benzene ring substituents is 1. The van der Waals surface area contributed by atoms with Gasteiger partial charge in [0.05, 0.1) is 15.6 Å². The number of aromatic hydroxyl groups is 1. The molecule has 0 aliphatic carbocycles. The number of nitriles is 1. The minimum absolute atomic E-state index is 0.0542. The zero-order valence-electron chi connectivity index (χ0n) is 13.5. The van der Waals surface area contributed by atoms with Crippen molar-refractivity contribution in [3.63, 3.8) is 0 Å². The highest BCUT2D eigenvalue weighted by Gasteiger charge is 2.13. The van der Waals surface area contributed by atoms with Crippen LogP contribution in [-0.4, -0.2) is 15.9 Å². The molecule has 0 unspecified atom stereocenters. The molecule has 3 N–H and O–H groups in total. The van der Waals surface area contributed by atoms with Gasteiger partial charge in [0.2, 0.25) is 0 Å². The van der Waals surface area contributed by atoms with Gasteiger partial charge in [-0.2, -0.15) is 5.26 Å². The summed E-state index contributed by atoms with van der Waals surface area (Å²) < 4.78 is 0. The van der Waals surface area contributed by atoms with Crippen LogP contribution in [0.5, 0.6) is 5.75 Å². The van der Waals surface area contributed by atoms with E-state index in [2.05, 4.69) is 10.6 Å². The summed E-state index contributed by atoms with van der Waals surface area (Å²) in [4.78, 5) is 22.4. The Morgan fingerprint density at radius 3 is 2.65 bits per heavy atom. The third kappa shape index (κ3) is 4.49. The third-order valence-electron chi connectivity index (χ3n) is 3.36. The van der Waals surface area contributed by atoms with Gasteiger partial charge in [-0.05, 0) is 36.8 Å². The molecule has 2 aromatic rings. The minimum atomic E-state index is -0.685. The Bertz CT molecular complexity index is 950. The molecule has 0 saturated carbocycles. The number of benzene rings is 2. The van der Waals surface area contributed by atoms with Crippen LogP contribution in [0, 0.1) is 28.4 Å². The number of anilines is 2. The summed E-state index contributed by atoms with van der Waals surface area (Å²) in [5, 5.41) is 34.7. The van der Waals surface area contributed by atoms with Crippen molar-refractivity contribution in [2.75, 3.05) is 10.6 Å². The van der Waals surface area contributed by atoms with E-state index in [0.29, 0.717) is 11.3 Å². The zero-order chi connectivity index (χ0) is 19.3. The lowest BCUT2D eigenvalue weighted by Crippen LogP contribution is -2.15. The van der Waals surface area contributed by atoms with E-state index >= 15 is 0 Å². The second-order valence-corrected chi connectivity index (χ2v) is 5.60. The Balaban J connectivity index is 2.20. The summed E-state index contributed by atoms with van der Waals surface area (Å²) in [5.41, 5.74) is 0.780. The van der Waals surface area contributed by atoms with Crippen LogP contribution in [0.3, 0.4) is 0 Å². The summed E-state index contributed by atoms with van der Waals surface area (Å²) in [6.45, 7) is 1.69. The maximum atomic E-state index is 12.2. The predicted octanol–water partition coefficient (Wildman–Crippen LogP) is 3.72. The maximum Gasteiger partial charge on any atom is 0.271 e. The van der Waals surface area contributed by atoms with Gasteiger partial charge in [-0.3, -0.25) is 14.9 Å². The fraction of sp³-hybridized carbons (Fsp3) is 0.0588. The van der Waals surface area contributed by atoms with Crippen molar-refractivity contribution in [2.24, 2.45) is 0 Å². The van der Waals surface area contributed by atoms with E-state index in [0.717, 1.165) is 6.20 Å². The maximum absolute atomic E-state index is 12.2. The summed E-state index contributed by atoms with van der Waals surface area (Å²) in [6, 6.07) is 9.87. The molecular weight excluding hydrogens is 360 g/mol. The van der Waals surface area contributed by atoms with E-state index in [9.17, 15) is 25.3 Å². The smallest absolute Gasteiger partial charge is 0.271 e. The molecular formula is C17H13ClN4O4. The number of nitrogens with one attached hydrogen (secondary N) is 2. The monoisotopic (exact) mass is 372 g/mol. The molecule has 8 nitrogen and oxygen atoms in total. The number of hydrogen-bond donors (Lipinski definition) is 3. The Kier molecular flexibility index (Phi) is 5.78. The highest BCUT2D eigenvalue weighted by atomic mass is 35.5. The zero-order valence-corrected chi connectivity index (χ0v) is 14.2. The third-order valence-corrected chi connectivity index (χ3v) is 3.69. The van der Waals surface area contributed by atoms with E-state index in [1.54, 1.807) is 13.0 Å². The molecule has 0 radical (unpaired) electrons. The number of hydrogen-bond acceptors (Lipinski definition) is 6. The van der Waals surface area contributed by atoms with Crippen LogP contribution in [0.25, 0.3) is 0 Å². The van der Waals surface area contributed by atoms with Crippen molar-refractivity contribution in [2.45, 2.75) is 6.92 Å². The van der Waals surface area contributed by atoms with Crippen LogP contribution in [-0.2, 0) is 4.79 Å². The van der Waals surface area contributed by atoms with Gasteiger partial charge in [-0.1, -0.05) is 11.6 Å². The quantitative estimate of drug-likeness (QED) is 0.241. The van der Waals surface area contributed by atoms with Crippen LogP contribution in [0.2, 0.25) is 5.02 Å². The molecule has 2 rings (SSSR count).